The van der Waals surface area contributed by atoms with Gasteiger partial charge in [-0.25, -0.2) is 0 Å². The number of carbonyl (C=O) groups is 1. The topological polar surface area (TPSA) is 43.4 Å². The average molecular weight is 593 g/mol. The van der Waals surface area contributed by atoms with E-state index in [-0.39, 0.29) is 41.2 Å². The molecule has 0 bridgehead atoms. The fourth-order valence-electron chi connectivity index (χ4n) is 1.44. The molecular weight excluding hydrogens is 582 g/mol. The number of hydrogen-bond acceptors (Lipinski definition) is 2. The van der Waals surface area contributed by atoms with E-state index in [9.17, 15) is 9.90 Å². The van der Waals surface area contributed by atoms with E-state index in [1.54, 1.807) is 11.0 Å². The summed E-state index contributed by atoms with van der Waals surface area (Å²) in [5.74, 6) is -0.112. The van der Waals surface area contributed by atoms with Crippen molar-refractivity contribution in [3.8, 4) is 5.75 Å². The molecule has 94 valence electrons. The van der Waals surface area contributed by atoms with E-state index in [1.165, 1.54) is 0 Å². The van der Waals surface area contributed by atoms with Crippen molar-refractivity contribution < 1.29 is 39.5 Å². The maximum Gasteiger partial charge on any atom is 1.00 e. The Morgan fingerprint density at radius 1 is 1.22 bits per heavy atom. The number of nitrogens with zero attached hydrogens (tertiary/aromatic N) is 1. The van der Waals surface area contributed by atoms with Gasteiger partial charge in [-0.15, -0.1) is 0 Å². The van der Waals surface area contributed by atoms with Gasteiger partial charge < -0.3 is 10.0 Å². The summed E-state index contributed by atoms with van der Waals surface area (Å²) in [5, 5.41) is 11.9. The summed E-state index contributed by atoms with van der Waals surface area (Å²) >= 11 is 6.09. The minimum Gasteiger partial charge on any atom is -0.871 e. The van der Waals surface area contributed by atoms with Crippen molar-refractivity contribution in [2.75, 3.05) is 13.1 Å². The molecule has 0 spiro atoms. The van der Waals surface area contributed by atoms with Crippen molar-refractivity contribution in [3.63, 3.8) is 0 Å². The van der Waals surface area contributed by atoms with Gasteiger partial charge in [-0.2, -0.15) is 0 Å². The quantitative estimate of drug-likeness (QED) is 0.368. The Kier molecular flexibility index (Phi) is 9.68. The summed E-state index contributed by atoms with van der Waals surface area (Å²) in [6.07, 6.45) is 0. The Morgan fingerprint density at radius 3 is 2.17 bits per heavy atom. The van der Waals surface area contributed by atoms with Gasteiger partial charge in [0.1, 0.15) is 0 Å². The number of hydrogen-bond donors (Lipinski definition) is 0. The van der Waals surface area contributed by atoms with Crippen LogP contribution in [-0.4, -0.2) is 23.9 Å². The van der Waals surface area contributed by atoms with Gasteiger partial charge in [0.15, 0.2) is 0 Å². The first-order valence-electron chi connectivity index (χ1n) is 5.07. The standard InChI is InChI=1S/C11H12I3NO2.Na/c1-3-15(4-2)11(17)8-6(12)5-7(13)10(16)9(8)14;/h5,16H,3-4H2,1-2H3;/q;+1/p-1. The molecule has 3 nitrogen and oxygen atoms in total. The van der Waals surface area contributed by atoms with Crippen molar-refractivity contribution in [2.45, 2.75) is 13.8 Å². The summed E-state index contributed by atoms with van der Waals surface area (Å²) in [6.45, 7) is 5.18. The third kappa shape index (κ3) is 4.34. The Morgan fingerprint density at radius 2 is 1.72 bits per heavy atom. The summed E-state index contributed by atoms with van der Waals surface area (Å²) in [5.41, 5.74) is 0.542. The van der Waals surface area contributed by atoms with Crippen molar-refractivity contribution >= 4 is 73.7 Å². The van der Waals surface area contributed by atoms with E-state index in [0.717, 1.165) is 3.57 Å². The molecule has 0 aliphatic carbocycles. The second-order valence-electron chi connectivity index (χ2n) is 3.34. The zero-order valence-corrected chi connectivity index (χ0v) is 18.9. The molecule has 0 radical (unpaired) electrons. The molecule has 1 rings (SSSR count). The molecule has 1 aromatic carbocycles. The second kappa shape index (κ2) is 8.85. The van der Waals surface area contributed by atoms with Crippen molar-refractivity contribution in [3.05, 3.63) is 22.3 Å². The molecule has 0 heterocycles. The van der Waals surface area contributed by atoms with Crippen LogP contribution in [0.25, 0.3) is 0 Å². The molecule has 0 N–H and O–H groups in total. The van der Waals surface area contributed by atoms with Crippen LogP contribution in [0.5, 0.6) is 5.75 Å². The maximum atomic E-state index is 12.3. The van der Waals surface area contributed by atoms with E-state index in [4.69, 9.17) is 0 Å². The zero-order chi connectivity index (χ0) is 13.2. The molecule has 0 aliphatic heterocycles. The smallest absolute Gasteiger partial charge is 0.871 e. The third-order valence-corrected chi connectivity index (χ3v) is 5.07. The maximum absolute atomic E-state index is 12.3. The van der Waals surface area contributed by atoms with Crippen molar-refractivity contribution in [1.82, 2.24) is 4.90 Å². The molecule has 18 heavy (non-hydrogen) atoms. The van der Waals surface area contributed by atoms with Crippen LogP contribution in [0.2, 0.25) is 0 Å². The van der Waals surface area contributed by atoms with E-state index < -0.39 is 0 Å². The normalized spacial score (nSPS) is 9.83. The first kappa shape index (κ1) is 19.7. The molecular formula is C11H11I3NNaO2. The molecule has 0 aromatic heterocycles. The number of halogens is 3. The van der Waals surface area contributed by atoms with Crippen LogP contribution in [0.3, 0.4) is 0 Å². The fourth-order valence-corrected chi connectivity index (χ4v) is 5.27. The Labute approximate surface area is 170 Å². The minimum absolute atomic E-state index is 0. The number of rotatable bonds is 3. The molecule has 1 amide bonds. The van der Waals surface area contributed by atoms with Gasteiger partial charge in [0, 0.05) is 23.8 Å². The Hall–Kier alpha value is 1.68. The van der Waals surface area contributed by atoms with Crippen molar-refractivity contribution in [1.29, 1.82) is 0 Å². The van der Waals surface area contributed by atoms with Gasteiger partial charge in [-0.1, -0.05) is 5.75 Å². The van der Waals surface area contributed by atoms with E-state index in [1.807, 2.05) is 59.0 Å². The molecule has 1 aromatic rings. The summed E-state index contributed by atoms with van der Waals surface area (Å²) < 4.78 is 2.02. The van der Waals surface area contributed by atoms with Crippen LogP contribution >= 0.6 is 67.8 Å². The summed E-state index contributed by atoms with van der Waals surface area (Å²) in [4.78, 5) is 14.0. The second-order valence-corrected chi connectivity index (χ2v) is 6.74. The zero-order valence-electron chi connectivity index (χ0n) is 10.4. The monoisotopic (exact) mass is 593 g/mol. The summed E-state index contributed by atoms with van der Waals surface area (Å²) in [6, 6.07) is 1.77. The van der Waals surface area contributed by atoms with Crippen LogP contribution in [0.4, 0.5) is 0 Å². The predicted octanol–water partition coefficient (Wildman–Crippen LogP) is 0.0600. The molecule has 0 aliphatic rings. The van der Waals surface area contributed by atoms with Crippen LogP contribution in [-0.2, 0) is 0 Å². The molecule has 0 saturated carbocycles. The largest absolute Gasteiger partial charge is 1.00 e. The fraction of sp³-hybridized carbons (Fsp3) is 0.364. The Balaban J connectivity index is 0.00000289. The van der Waals surface area contributed by atoms with Gasteiger partial charge in [0.05, 0.1) is 5.56 Å². The van der Waals surface area contributed by atoms with E-state index in [0.29, 0.717) is 25.8 Å². The summed E-state index contributed by atoms with van der Waals surface area (Å²) in [7, 11) is 0. The van der Waals surface area contributed by atoms with Crippen LogP contribution < -0.4 is 34.7 Å². The minimum atomic E-state index is -0.0581. The number of amides is 1. The van der Waals surface area contributed by atoms with Gasteiger partial charge in [-0.05, 0) is 87.7 Å². The average Bonchev–Trinajstić information content (AvgIpc) is 2.28. The number of carbonyl (C=O) groups excluding carboxylic acids is 1. The van der Waals surface area contributed by atoms with E-state index >= 15 is 0 Å². The van der Waals surface area contributed by atoms with Gasteiger partial charge >= 0.3 is 29.6 Å². The molecule has 7 heteroatoms. The molecule has 0 saturated heterocycles. The third-order valence-electron chi connectivity index (χ3n) is 2.39. The molecule has 0 fully saturated rings. The molecule has 0 atom stereocenters. The van der Waals surface area contributed by atoms with Gasteiger partial charge in [0.2, 0.25) is 0 Å². The Bertz CT molecular complexity index is 450. The SMILES string of the molecule is CCN(CC)C(=O)c1c(I)cc(I)c([O-])c1I.[Na+]. The predicted molar refractivity (Wildman–Crippen MR) is 91.3 cm³/mol. The van der Waals surface area contributed by atoms with Crippen LogP contribution in [0.1, 0.15) is 24.2 Å². The van der Waals surface area contributed by atoms with Crippen LogP contribution in [0.15, 0.2) is 6.07 Å². The molecule has 0 unspecified atom stereocenters. The van der Waals surface area contributed by atoms with Crippen LogP contribution in [0, 0.1) is 10.7 Å². The number of benzene rings is 1. The first-order valence-corrected chi connectivity index (χ1v) is 8.31. The van der Waals surface area contributed by atoms with Gasteiger partial charge in [0.25, 0.3) is 5.91 Å². The first-order chi connectivity index (χ1) is 7.93. The van der Waals surface area contributed by atoms with Gasteiger partial charge in [-0.3, -0.25) is 4.79 Å². The van der Waals surface area contributed by atoms with Crippen molar-refractivity contribution in [2.24, 2.45) is 0 Å². The van der Waals surface area contributed by atoms with E-state index in [2.05, 4.69) is 22.6 Å².